The van der Waals surface area contributed by atoms with Crippen molar-refractivity contribution in [3.05, 3.63) is 52.9 Å². The zero-order valence-electron chi connectivity index (χ0n) is 13.8. The van der Waals surface area contributed by atoms with Crippen molar-refractivity contribution in [3.8, 4) is 0 Å². The van der Waals surface area contributed by atoms with Gasteiger partial charge in [-0.2, -0.15) is 0 Å². The van der Waals surface area contributed by atoms with E-state index >= 15 is 0 Å². The number of fused-ring (bicyclic) bond motifs is 1. The molecule has 8 heteroatoms. The highest BCUT2D eigenvalue weighted by Crippen LogP contribution is 2.30. The molecule has 0 bridgehead atoms. The number of aromatic nitrogens is 3. The average molecular weight is 376 g/mol. The van der Waals surface area contributed by atoms with Gasteiger partial charge in [0, 0.05) is 18.5 Å². The van der Waals surface area contributed by atoms with Crippen LogP contribution >= 0.6 is 11.6 Å². The molecule has 1 saturated heterocycles. The Bertz CT molecular complexity index is 960. The molecule has 3 heterocycles. The number of hydrogen-bond donors (Lipinski definition) is 2. The van der Waals surface area contributed by atoms with Gasteiger partial charge < -0.3 is 10.6 Å². The van der Waals surface area contributed by atoms with Crippen LogP contribution < -0.4 is 10.6 Å². The molecule has 1 aliphatic heterocycles. The van der Waals surface area contributed by atoms with Gasteiger partial charge in [-0.3, -0.25) is 0 Å². The lowest BCUT2D eigenvalue weighted by molar-refractivity contribution is 0.438. The molecule has 0 saturated carbocycles. The Labute approximate surface area is 153 Å². The van der Waals surface area contributed by atoms with Crippen molar-refractivity contribution >= 4 is 34.1 Å². The number of pyridine rings is 1. The zero-order valence-corrected chi connectivity index (χ0v) is 14.5. The van der Waals surface area contributed by atoms with Crippen LogP contribution in [0.3, 0.4) is 0 Å². The normalized spacial score (nSPS) is 17.4. The number of hydrogen-bond acceptors (Lipinski definition) is 5. The van der Waals surface area contributed by atoms with E-state index in [1.165, 1.54) is 18.5 Å². The summed E-state index contributed by atoms with van der Waals surface area (Å²) < 4.78 is 28.7. The van der Waals surface area contributed by atoms with E-state index in [9.17, 15) is 8.78 Å². The minimum atomic E-state index is -0.584. The summed E-state index contributed by atoms with van der Waals surface area (Å²) in [5.41, 5.74) is 1.31. The van der Waals surface area contributed by atoms with Crippen molar-refractivity contribution in [2.75, 3.05) is 18.4 Å². The average Bonchev–Trinajstić information content (AvgIpc) is 2.66. The highest BCUT2D eigenvalue weighted by Gasteiger charge is 2.22. The lowest BCUT2D eigenvalue weighted by atomic mass is 9.95. The molecule has 0 amide bonds. The van der Waals surface area contributed by atoms with Crippen molar-refractivity contribution in [1.82, 2.24) is 20.3 Å². The number of piperidine rings is 1. The number of anilines is 2. The van der Waals surface area contributed by atoms with Crippen molar-refractivity contribution < 1.29 is 8.78 Å². The molecule has 134 valence electrons. The van der Waals surface area contributed by atoms with E-state index < -0.39 is 5.82 Å². The van der Waals surface area contributed by atoms with Crippen molar-refractivity contribution in [2.24, 2.45) is 0 Å². The summed E-state index contributed by atoms with van der Waals surface area (Å²) in [5, 5.41) is 6.15. The molecular weight excluding hydrogens is 360 g/mol. The smallest absolute Gasteiger partial charge is 0.165 e. The maximum Gasteiger partial charge on any atom is 0.165 e. The fourth-order valence-electron chi connectivity index (χ4n) is 3.17. The summed E-state index contributed by atoms with van der Waals surface area (Å²) >= 11 is 5.83. The molecule has 26 heavy (non-hydrogen) atoms. The molecule has 0 radical (unpaired) electrons. The Kier molecular flexibility index (Phi) is 4.65. The molecule has 2 N–H and O–H groups in total. The predicted octanol–water partition coefficient (Wildman–Crippen LogP) is 4.17. The van der Waals surface area contributed by atoms with Crippen LogP contribution in [0.5, 0.6) is 0 Å². The van der Waals surface area contributed by atoms with Crippen LogP contribution in [-0.2, 0) is 0 Å². The van der Waals surface area contributed by atoms with Crippen LogP contribution in [0.15, 0.2) is 30.6 Å². The Balaban J connectivity index is 1.78. The summed E-state index contributed by atoms with van der Waals surface area (Å²) in [5.74, 6) is -0.671. The number of nitrogens with one attached hydrogen (secondary N) is 2. The fourth-order valence-corrected chi connectivity index (χ4v) is 3.34. The first-order valence-corrected chi connectivity index (χ1v) is 8.74. The molecular formula is C18H16ClF2N5. The molecule has 0 spiro atoms. The summed E-state index contributed by atoms with van der Waals surface area (Å²) in [4.78, 5) is 12.7. The highest BCUT2D eigenvalue weighted by atomic mass is 35.5. The largest absolute Gasteiger partial charge is 0.336 e. The third-order valence-electron chi connectivity index (χ3n) is 4.48. The quantitative estimate of drug-likeness (QED) is 0.719. The van der Waals surface area contributed by atoms with Gasteiger partial charge in [0.2, 0.25) is 0 Å². The molecule has 1 fully saturated rings. The highest BCUT2D eigenvalue weighted by molar-refractivity contribution is 6.31. The van der Waals surface area contributed by atoms with E-state index in [2.05, 4.69) is 25.6 Å². The number of halogens is 3. The first-order valence-electron chi connectivity index (χ1n) is 8.36. The third kappa shape index (κ3) is 3.20. The Hall–Kier alpha value is -2.38. The first kappa shape index (κ1) is 17.1. The summed E-state index contributed by atoms with van der Waals surface area (Å²) in [6.07, 6.45) is 3.12. The predicted molar refractivity (Wildman–Crippen MR) is 96.8 cm³/mol. The molecule has 1 atom stereocenters. The van der Waals surface area contributed by atoms with E-state index in [1.54, 1.807) is 12.1 Å². The molecule has 1 aromatic carbocycles. The van der Waals surface area contributed by atoms with Gasteiger partial charge in [0.25, 0.3) is 0 Å². The van der Waals surface area contributed by atoms with E-state index in [4.69, 9.17) is 11.6 Å². The van der Waals surface area contributed by atoms with Gasteiger partial charge in [-0.1, -0.05) is 17.7 Å². The standard InChI is InChI=1S/C18H16ClF2N5/c19-11-4-1-5-13(15(11)21)25-18-17-14(23-9-24-18)7-12(20)16(26-17)10-3-2-6-22-8-10/h1,4-5,7,9-10,22H,2-3,6,8H2,(H,23,24,25). The molecule has 5 nitrogen and oxygen atoms in total. The van der Waals surface area contributed by atoms with Gasteiger partial charge in [-0.05, 0) is 31.5 Å². The second kappa shape index (κ2) is 7.09. The van der Waals surface area contributed by atoms with Gasteiger partial charge in [0.05, 0.1) is 21.9 Å². The van der Waals surface area contributed by atoms with Gasteiger partial charge >= 0.3 is 0 Å². The summed E-state index contributed by atoms with van der Waals surface area (Å²) in [6, 6.07) is 5.99. The van der Waals surface area contributed by atoms with E-state index in [1.807, 2.05) is 0 Å². The van der Waals surface area contributed by atoms with Crippen LogP contribution in [0, 0.1) is 11.6 Å². The van der Waals surface area contributed by atoms with Crippen molar-refractivity contribution in [2.45, 2.75) is 18.8 Å². The number of rotatable bonds is 3. The molecule has 4 rings (SSSR count). The molecule has 1 aliphatic rings. The Morgan fingerprint density at radius 2 is 2.12 bits per heavy atom. The number of benzene rings is 1. The maximum absolute atomic E-state index is 14.5. The summed E-state index contributed by atoms with van der Waals surface area (Å²) in [6.45, 7) is 1.60. The van der Waals surface area contributed by atoms with Gasteiger partial charge in [-0.15, -0.1) is 0 Å². The van der Waals surface area contributed by atoms with Crippen LogP contribution in [0.25, 0.3) is 11.0 Å². The number of nitrogens with zero attached hydrogens (tertiary/aromatic N) is 3. The lowest BCUT2D eigenvalue weighted by Gasteiger charge is -2.23. The summed E-state index contributed by atoms with van der Waals surface area (Å²) in [7, 11) is 0. The van der Waals surface area contributed by atoms with Crippen molar-refractivity contribution in [1.29, 1.82) is 0 Å². The van der Waals surface area contributed by atoms with Gasteiger partial charge in [0.1, 0.15) is 17.7 Å². The van der Waals surface area contributed by atoms with Crippen LogP contribution in [0.1, 0.15) is 24.5 Å². The molecule has 0 aliphatic carbocycles. The maximum atomic E-state index is 14.5. The second-order valence-electron chi connectivity index (χ2n) is 6.22. The first-order chi connectivity index (χ1) is 12.6. The monoisotopic (exact) mass is 375 g/mol. The molecule has 3 aromatic rings. The molecule has 2 aromatic heterocycles. The Morgan fingerprint density at radius 1 is 1.23 bits per heavy atom. The third-order valence-corrected chi connectivity index (χ3v) is 4.77. The SMILES string of the molecule is Fc1cc2ncnc(Nc3cccc(Cl)c3F)c2nc1C1CCCNC1. The fraction of sp³-hybridized carbons (Fsp3) is 0.278. The molecule has 1 unspecified atom stereocenters. The van der Waals surface area contributed by atoms with Crippen LogP contribution in [0.4, 0.5) is 20.3 Å². The van der Waals surface area contributed by atoms with Gasteiger partial charge in [0.15, 0.2) is 11.6 Å². The Morgan fingerprint density at radius 3 is 2.92 bits per heavy atom. The van der Waals surface area contributed by atoms with Crippen LogP contribution in [0.2, 0.25) is 5.02 Å². The van der Waals surface area contributed by atoms with Gasteiger partial charge in [-0.25, -0.2) is 23.7 Å². The zero-order chi connectivity index (χ0) is 18.1. The van der Waals surface area contributed by atoms with E-state index in [-0.39, 0.29) is 22.4 Å². The lowest BCUT2D eigenvalue weighted by Crippen LogP contribution is -2.29. The minimum Gasteiger partial charge on any atom is -0.336 e. The minimum absolute atomic E-state index is 0.00124. The van der Waals surface area contributed by atoms with Crippen molar-refractivity contribution in [3.63, 3.8) is 0 Å². The van der Waals surface area contributed by atoms with E-state index in [0.29, 0.717) is 29.1 Å². The second-order valence-corrected chi connectivity index (χ2v) is 6.62. The van der Waals surface area contributed by atoms with Crippen LogP contribution in [-0.4, -0.2) is 28.0 Å². The topological polar surface area (TPSA) is 62.7 Å². The van der Waals surface area contributed by atoms with E-state index in [0.717, 1.165) is 19.4 Å².